The highest BCUT2D eigenvalue weighted by molar-refractivity contribution is 7.80. The number of carbonyl (C=O) groups is 1. The molecule has 6 heteroatoms. The monoisotopic (exact) mass is 390 g/mol. The topological polar surface area (TPSA) is 50.4 Å². The van der Waals surface area contributed by atoms with E-state index in [0.29, 0.717) is 10.7 Å². The number of hydrogen-bond acceptors (Lipinski definition) is 4. The summed E-state index contributed by atoms with van der Waals surface area (Å²) in [4.78, 5) is 13.5. The minimum absolute atomic E-state index is 0.360. The van der Waals surface area contributed by atoms with Gasteiger partial charge in [0.15, 0.2) is 5.11 Å². The summed E-state index contributed by atoms with van der Waals surface area (Å²) in [6.45, 7) is 5.03. The van der Waals surface area contributed by atoms with Gasteiger partial charge < -0.3 is 15.4 Å². The van der Waals surface area contributed by atoms with Crippen molar-refractivity contribution in [3.05, 3.63) is 40.8 Å². The summed E-state index contributed by atoms with van der Waals surface area (Å²) in [6, 6.07) is 9.87. The number of nitrogens with one attached hydrogen (secondary N) is 2. The average Bonchev–Trinajstić information content (AvgIpc) is 2.97. The maximum absolute atomic E-state index is 12.4. The van der Waals surface area contributed by atoms with Gasteiger partial charge in [0.05, 0.1) is 7.11 Å². The number of carbonyl (C=O) groups excluding carboxylic acids is 1. The normalized spacial score (nSPS) is 10.4. The predicted molar refractivity (Wildman–Crippen MR) is 114 cm³/mol. The van der Waals surface area contributed by atoms with E-state index in [1.54, 1.807) is 0 Å². The molecule has 26 heavy (non-hydrogen) atoms. The van der Waals surface area contributed by atoms with Crippen LogP contribution in [0.1, 0.15) is 47.8 Å². The summed E-state index contributed by atoms with van der Waals surface area (Å²) in [6.07, 6.45) is 4.72. The predicted octanol–water partition coefficient (Wildman–Crippen LogP) is 5.38. The van der Waals surface area contributed by atoms with Crippen molar-refractivity contribution in [2.75, 3.05) is 19.0 Å². The number of thiophene rings is 1. The van der Waals surface area contributed by atoms with Gasteiger partial charge in [-0.1, -0.05) is 56.5 Å². The highest BCUT2D eigenvalue weighted by Gasteiger charge is 2.24. The fraction of sp³-hybridized carbons (Fsp3) is 0.400. The van der Waals surface area contributed by atoms with Crippen LogP contribution in [0.3, 0.4) is 0 Å². The molecular formula is C20H26N2O2S2. The number of aryl methyl sites for hydroxylation is 1. The zero-order chi connectivity index (χ0) is 18.9. The summed E-state index contributed by atoms with van der Waals surface area (Å²) in [5, 5.41) is 7.66. The van der Waals surface area contributed by atoms with Gasteiger partial charge in [0.2, 0.25) is 0 Å². The summed E-state index contributed by atoms with van der Waals surface area (Å²) < 4.78 is 5.02. The van der Waals surface area contributed by atoms with Crippen LogP contribution < -0.4 is 10.6 Å². The van der Waals surface area contributed by atoms with E-state index in [1.165, 1.54) is 37.7 Å². The second kappa shape index (κ2) is 10.3. The first kappa shape index (κ1) is 20.4. The highest BCUT2D eigenvalue weighted by Crippen LogP contribution is 2.40. The van der Waals surface area contributed by atoms with Crippen molar-refractivity contribution in [1.82, 2.24) is 5.32 Å². The zero-order valence-electron chi connectivity index (χ0n) is 15.6. The minimum Gasteiger partial charge on any atom is -0.465 e. The van der Waals surface area contributed by atoms with Crippen molar-refractivity contribution in [2.45, 2.75) is 39.5 Å². The molecule has 2 rings (SSSR count). The number of hydrogen-bond donors (Lipinski definition) is 2. The summed E-state index contributed by atoms with van der Waals surface area (Å²) >= 11 is 6.91. The van der Waals surface area contributed by atoms with Crippen molar-refractivity contribution in [1.29, 1.82) is 0 Å². The molecule has 0 radical (unpaired) electrons. The molecule has 0 unspecified atom stereocenters. The Morgan fingerprint density at radius 1 is 1.19 bits per heavy atom. The smallest absolute Gasteiger partial charge is 0.341 e. The number of thiocarbonyl (C=S) groups is 1. The molecule has 0 fully saturated rings. The van der Waals surface area contributed by atoms with Gasteiger partial charge >= 0.3 is 5.97 Å². The molecule has 0 spiro atoms. The largest absolute Gasteiger partial charge is 0.465 e. The highest BCUT2D eigenvalue weighted by atomic mass is 32.1. The van der Waals surface area contributed by atoms with Gasteiger partial charge in [0.25, 0.3) is 0 Å². The Bertz CT molecular complexity index is 742. The lowest BCUT2D eigenvalue weighted by atomic mass is 10.0. The first-order valence-electron chi connectivity index (χ1n) is 8.90. The zero-order valence-corrected chi connectivity index (χ0v) is 17.2. The van der Waals surface area contributed by atoms with Crippen molar-refractivity contribution >= 4 is 39.6 Å². The lowest BCUT2D eigenvalue weighted by molar-refractivity contribution is 0.0603. The van der Waals surface area contributed by atoms with Crippen LogP contribution in [0, 0.1) is 6.92 Å². The number of ether oxygens (including phenoxy) is 1. The van der Waals surface area contributed by atoms with Gasteiger partial charge in [-0.15, -0.1) is 11.3 Å². The van der Waals surface area contributed by atoms with E-state index in [9.17, 15) is 4.79 Å². The third-order valence-electron chi connectivity index (χ3n) is 4.08. The van der Waals surface area contributed by atoms with Crippen molar-refractivity contribution in [3.8, 4) is 11.1 Å². The molecule has 1 aromatic carbocycles. The van der Waals surface area contributed by atoms with Crippen LogP contribution in [0.5, 0.6) is 0 Å². The number of benzene rings is 1. The Hall–Kier alpha value is -1.92. The minimum atomic E-state index is -0.360. The summed E-state index contributed by atoms with van der Waals surface area (Å²) in [7, 11) is 1.40. The molecule has 0 aliphatic carbocycles. The summed E-state index contributed by atoms with van der Waals surface area (Å²) in [5.74, 6) is -0.360. The van der Waals surface area contributed by atoms with E-state index >= 15 is 0 Å². The van der Waals surface area contributed by atoms with Gasteiger partial charge in [0, 0.05) is 17.0 Å². The molecule has 0 atom stereocenters. The Morgan fingerprint density at radius 3 is 2.58 bits per heavy atom. The molecule has 2 aromatic rings. The lowest BCUT2D eigenvalue weighted by Gasteiger charge is -2.11. The Kier molecular flexibility index (Phi) is 8.06. The average molecular weight is 391 g/mol. The van der Waals surface area contributed by atoms with E-state index < -0.39 is 0 Å². The summed E-state index contributed by atoms with van der Waals surface area (Å²) in [5.41, 5.74) is 2.43. The molecule has 1 aromatic heterocycles. The fourth-order valence-electron chi connectivity index (χ4n) is 2.78. The van der Waals surface area contributed by atoms with Gasteiger partial charge in [0.1, 0.15) is 10.6 Å². The van der Waals surface area contributed by atoms with Crippen molar-refractivity contribution in [3.63, 3.8) is 0 Å². The molecule has 2 N–H and O–H groups in total. The van der Waals surface area contributed by atoms with Crippen LogP contribution in [0.25, 0.3) is 11.1 Å². The third kappa shape index (κ3) is 5.29. The first-order chi connectivity index (χ1) is 12.6. The van der Waals surface area contributed by atoms with Gasteiger partial charge in [-0.05, 0) is 31.1 Å². The van der Waals surface area contributed by atoms with Crippen LogP contribution in [-0.4, -0.2) is 24.7 Å². The molecule has 0 saturated heterocycles. The van der Waals surface area contributed by atoms with Crippen LogP contribution in [-0.2, 0) is 4.74 Å². The van der Waals surface area contributed by atoms with Crippen LogP contribution in [0.4, 0.5) is 5.00 Å². The number of unbranched alkanes of at least 4 members (excludes halogenated alkanes) is 3. The Morgan fingerprint density at radius 2 is 1.92 bits per heavy atom. The molecule has 0 bridgehead atoms. The van der Waals surface area contributed by atoms with E-state index in [0.717, 1.165) is 34.0 Å². The molecule has 0 amide bonds. The van der Waals surface area contributed by atoms with E-state index in [4.69, 9.17) is 17.0 Å². The molecule has 1 heterocycles. The molecule has 0 aliphatic heterocycles. The third-order valence-corrected chi connectivity index (χ3v) is 5.35. The van der Waals surface area contributed by atoms with E-state index in [-0.39, 0.29) is 5.97 Å². The Balaban J connectivity index is 2.18. The van der Waals surface area contributed by atoms with E-state index in [1.807, 2.05) is 37.3 Å². The molecule has 0 aliphatic rings. The number of anilines is 1. The molecule has 0 saturated carbocycles. The van der Waals surface area contributed by atoms with Gasteiger partial charge in [-0.3, -0.25) is 0 Å². The second-order valence-corrected chi connectivity index (χ2v) is 7.67. The maximum Gasteiger partial charge on any atom is 0.341 e. The standard InChI is InChI=1S/C20H26N2O2S2/c1-4-5-6-10-13-21-20(25)22-18-17(19(23)24-3)16(14(2)26-18)15-11-8-7-9-12-15/h7-9,11-12H,4-6,10,13H2,1-3H3,(H2,21,22,25). The fourth-order valence-corrected chi connectivity index (χ4v) is 4.12. The number of rotatable bonds is 8. The second-order valence-electron chi connectivity index (χ2n) is 6.04. The molecular weight excluding hydrogens is 364 g/mol. The Labute approximate surface area is 165 Å². The number of esters is 1. The van der Waals surface area contributed by atoms with Crippen molar-refractivity contribution < 1.29 is 9.53 Å². The van der Waals surface area contributed by atoms with E-state index in [2.05, 4.69) is 17.6 Å². The first-order valence-corrected chi connectivity index (χ1v) is 10.1. The van der Waals surface area contributed by atoms with Crippen LogP contribution in [0.15, 0.2) is 30.3 Å². The number of methoxy groups -OCH3 is 1. The maximum atomic E-state index is 12.4. The van der Waals surface area contributed by atoms with Gasteiger partial charge in [-0.2, -0.15) is 0 Å². The van der Waals surface area contributed by atoms with Gasteiger partial charge in [-0.25, -0.2) is 4.79 Å². The SMILES string of the molecule is CCCCCCNC(=S)Nc1sc(C)c(-c2ccccc2)c1C(=O)OC. The van der Waals surface area contributed by atoms with Crippen LogP contribution in [0.2, 0.25) is 0 Å². The molecule has 140 valence electrons. The molecule has 4 nitrogen and oxygen atoms in total. The van der Waals surface area contributed by atoms with Crippen LogP contribution >= 0.6 is 23.6 Å². The quantitative estimate of drug-likeness (QED) is 0.360. The van der Waals surface area contributed by atoms with Crippen molar-refractivity contribution in [2.24, 2.45) is 0 Å². The lowest BCUT2D eigenvalue weighted by Crippen LogP contribution is -2.29.